The van der Waals surface area contributed by atoms with Crippen LogP contribution in [0.25, 0.3) is 44.0 Å². The van der Waals surface area contributed by atoms with Crippen molar-refractivity contribution >= 4 is 70.2 Å². The molecule has 3 unspecified atom stereocenters. The highest BCUT2D eigenvalue weighted by Crippen LogP contribution is 2.45. The summed E-state index contributed by atoms with van der Waals surface area (Å²) < 4.78 is 77.5. The Morgan fingerprint density at radius 3 is 2.12 bits per heavy atom. The molecule has 3 amide bonds. The van der Waals surface area contributed by atoms with Crippen LogP contribution in [-0.2, 0) is 26.1 Å². The second-order valence-corrected chi connectivity index (χ2v) is 34.8. The van der Waals surface area contributed by atoms with E-state index in [2.05, 4.69) is 77.9 Å². The molecule has 6 aliphatic heterocycles. The van der Waals surface area contributed by atoms with E-state index in [0.29, 0.717) is 83.1 Å². The predicted molar refractivity (Wildman–Crippen MR) is 360 cm³/mol. The third-order valence-electron chi connectivity index (χ3n) is 21.6. The van der Waals surface area contributed by atoms with Crippen LogP contribution in [0, 0.1) is 40.2 Å². The maximum absolute atomic E-state index is 18.2. The standard InChI is InChI=1S/C71H92F3N11O8Si/c1-43(2)94(44(3)4,45(5)6)35-22-51-54(72)15-12-47-36-50(92-42-90-11)37-52(59(47)51)62-61(74)63-53(38-75-62)65(83-40-48-13-14-49(41-83)84(48)69(89)93-70(7,8)9)78-67(77-63)91-34-33-80-29-23-71(24-30-80)25-31-81(32-26-71)39-46-20-27-82(28-21-46)55-16-17-56-64(60(55)73)79(10)68(88)85(56)57-18-19-58(86)76-66(57)87/h12,15-17,36-38,43-46,48-49,57H,13-14,18-21,23-34,39-42H2,1-11H3,(H,76,86,87). The summed E-state index contributed by atoms with van der Waals surface area (Å²) in [4.78, 5) is 77.5. The Balaban J connectivity index is 0.736. The number of nitrogens with one attached hydrogen (secondary N) is 1. The number of aryl methyl sites for hydroxylation is 1. The van der Waals surface area contributed by atoms with Gasteiger partial charge in [0.15, 0.2) is 18.4 Å². The van der Waals surface area contributed by atoms with Crippen LogP contribution in [0.5, 0.6) is 11.8 Å². The van der Waals surface area contributed by atoms with E-state index in [9.17, 15) is 19.2 Å². The van der Waals surface area contributed by atoms with Crippen LogP contribution < -0.4 is 30.3 Å². The van der Waals surface area contributed by atoms with Crippen LogP contribution in [0.3, 0.4) is 0 Å². The molecule has 94 heavy (non-hydrogen) atoms. The predicted octanol–water partition coefficient (Wildman–Crippen LogP) is 11.5. The van der Waals surface area contributed by atoms with Gasteiger partial charge in [0.05, 0.1) is 34.2 Å². The average Bonchev–Trinajstić information content (AvgIpc) is 1.32. The summed E-state index contributed by atoms with van der Waals surface area (Å²) in [6, 6.07) is 8.77. The smallest absolute Gasteiger partial charge is 0.410 e. The van der Waals surface area contributed by atoms with Gasteiger partial charge in [0.25, 0.3) is 0 Å². The van der Waals surface area contributed by atoms with Crippen molar-refractivity contribution < 1.29 is 46.5 Å². The van der Waals surface area contributed by atoms with Crippen LogP contribution in [0.1, 0.15) is 138 Å². The Bertz CT molecular complexity index is 3970. The second-order valence-electron chi connectivity index (χ2n) is 29.2. The third-order valence-corrected chi connectivity index (χ3v) is 27.9. The van der Waals surface area contributed by atoms with E-state index in [-0.39, 0.29) is 101 Å². The monoisotopic (exact) mass is 1310 g/mol. The van der Waals surface area contributed by atoms with Crippen molar-refractivity contribution in [1.29, 1.82) is 0 Å². The number of rotatable bonds is 16. The first-order valence-electron chi connectivity index (χ1n) is 34.0. The lowest BCUT2D eigenvalue weighted by molar-refractivity contribution is -0.135. The fourth-order valence-corrected chi connectivity index (χ4v) is 21.8. The van der Waals surface area contributed by atoms with Gasteiger partial charge in [-0.25, -0.2) is 22.8 Å². The summed E-state index contributed by atoms with van der Waals surface area (Å²) in [5.74, 6) is 2.03. The van der Waals surface area contributed by atoms with Crippen molar-refractivity contribution in [2.75, 3.05) is 95.8 Å². The summed E-state index contributed by atoms with van der Waals surface area (Å²) in [6.45, 7) is 26.8. The SMILES string of the molecule is COCOc1cc(-c2ncc3c(N4CC5CCC(C4)N5C(=O)OC(C)(C)C)nc(OCCN4CCC5(CC4)CCN(CC4CCN(c6ccc7c(c6F)n(C)c(=O)n7C6CCC(=O)NC6=O)CC4)CC5)nc3c2F)c2c(C#C[Si](C(C)C)(C(C)C)C(C)C)c(F)ccc2c1. The lowest BCUT2D eigenvalue weighted by Gasteiger charge is -2.47. The van der Waals surface area contributed by atoms with Crippen molar-refractivity contribution in [3.8, 4) is 34.5 Å². The molecule has 6 aromatic rings. The fraction of sp³-hybridized carbons (Fsp3) is 0.592. The lowest BCUT2D eigenvalue weighted by Crippen LogP contribution is -2.57. The maximum Gasteiger partial charge on any atom is 0.410 e. The molecule has 6 fully saturated rings. The molecule has 3 aromatic heterocycles. The van der Waals surface area contributed by atoms with Gasteiger partial charge in [-0.3, -0.25) is 38.8 Å². The molecule has 9 heterocycles. The van der Waals surface area contributed by atoms with Gasteiger partial charge in [-0.2, -0.15) is 9.97 Å². The summed E-state index contributed by atoms with van der Waals surface area (Å²) in [6.07, 6.45) is 9.34. The number of carbonyl (C=O) groups is 3. The number of hydrogen-bond acceptors (Lipinski definition) is 15. The number of halogens is 3. The van der Waals surface area contributed by atoms with Gasteiger partial charge >= 0.3 is 17.8 Å². The van der Waals surface area contributed by atoms with E-state index in [1.54, 1.807) is 36.5 Å². The zero-order chi connectivity index (χ0) is 66.7. The molecule has 0 saturated carbocycles. The number of anilines is 2. The minimum atomic E-state index is -2.36. The highest BCUT2D eigenvalue weighted by Gasteiger charge is 2.46. The minimum absolute atomic E-state index is 0.00380. The number of nitrogens with zero attached hydrogens (tertiary/aromatic N) is 10. The Hall–Kier alpha value is -7.26. The first-order chi connectivity index (χ1) is 44.9. The molecule has 12 rings (SSSR count). The van der Waals surface area contributed by atoms with E-state index >= 15 is 13.2 Å². The number of ether oxygens (including phenoxy) is 4. The van der Waals surface area contributed by atoms with E-state index in [4.69, 9.17) is 33.9 Å². The number of likely N-dealkylation sites (tertiary alicyclic amines) is 2. The minimum Gasteiger partial charge on any atom is -0.468 e. The van der Waals surface area contributed by atoms with Crippen LogP contribution >= 0.6 is 0 Å². The number of hydrogen-bond donors (Lipinski definition) is 1. The summed E-state index contributed by atoms with van der Waals surface area (Å²) >= 11 is 0. The molecule has 0 radical (unpaired) electrons. The molecule has 1 spiro atoms. The second kappa shape index (κ2) is 26.7. The number of methoxy groups -OCH3 is 1. The molecule has 0 aliphatic carbocycles. The van der Waals surface area contributed by atoms with Gasteiger partial charge in [-0.1, -0.05) is 53.5 Å². The van der Waals surface area contributed by atoms with Crippen molar-refractivity contribution in [2.24, 2.45) is 18.4 Å². The summed E-state index contributed by atoms with van der Waals surface area (Å²) in [5, 5.41) is 3.70. The van der Waals surface area contributed by atoms with E-state index in [1.165, 1.54) is 29.4 Å². The molecule has 3 aromatic carbocycles. The highest BCUT2D eigenvalue weighted by atomic mass is 28.3. The molecule has 6 saturated heterocycles. The number of imide groups is 1. The Labute approximate surface area is 550 Å². The van der Waals surface area contributed by atoms with Gasteiger partial charge in [-0.05, 0) is 168 Å². The number of benzene rings is 3. The Kier molecular flexibility index (Phi) is 19.0. The van der Waals surface area contributed by atoms with Gasteiger partial charge < -0.3 is 33.6 Å². The van der Waals surface area contributed by atoms with Crippen LogP contribution in [0.4, 0.5) is 29.5 Å². The molecule has 1 N–H and O–H groups in total. The number of imidazole rings is 1. The number of carbonyl (C=O) groups excluding carboxylic acids is 3. The van der Waals surface area contributed by atoms with Gasteiger partial charge in [0.1, 0.15) is 60.4 Å². The van der Waals surface area contributed by atoms with E-state index in [0.717, 1.165) is 84.1 Å². The van der Waals surface area contributed by atoms with Crippen LogP contribution in [0.2, 0.25) is 16.6 Å². The third kappa shape index (κ3) is 12.9. The molecule has 504 valence electrons. The van der Waals surface area contributed by atoms with Crippen LogP contribution in [0.15, 0.2) is 47.4 Å². The largest absolute Gasteiger partial charge is 0.468 e. The summed E-state index contributed by atoms with van der Waals surface area (Å²) in [7, 11) is 0.681. The topological polar surface area (TPSA) is 182 Å². The van der Waals surface area contributed by atoms with Crippen molar-refractivity contribution in [1.82, 2.24) is 44.1 Å². The fourth-order valence-electron chi connectivity index (χ4n) is 16.6. The normalized spacial score (nSPS) is 20.9. The number of aromatic nitrogens is 5. The maximum atomic E-state index is 18.2. The van der Waals surface area contributed by atoms with Gasteiger partial charge in [0, 0.05) is 77.0 Å². The van der Waals surface area contributed by atoms with E-state index < -0.39 is 48.8 Å². The highest BCUT2D eigenvalue weighted by molar-refractivity contribution is 6.90. The number of fused-ring (bicyclic) bond motifs is 5. The molecular weight excluding hydrogens is 1220 g/mol. The molecule has 6 aliphatic rings. The van der Waals surface area contributed by atoms with Crippen molar-refractivity contribution in [3.63, 3.8) is 0 Å². The number of pyridine rings is 1. The van der Waals surface area contributed by atoms with Gasteiger partial charge in [-0.15, -0.1) is 5.54 Å². The zero-order valence-electron chi connectivity index (χ0n) is 56.5. The summed E-state index contributed by atoms with van der Waals surface area (Å²) in [5.41, 5.74) is 5.03. The van der Waals surface area contributed by atoms with E-state index in [1.807, 2.05) is 25.7 Å². The molecule has 23 heteroatoms. The average molecular weight is 1310 g/mol. The Morgan fingerprint density at radius 2 is 1.48 bits per heavy atom. The quantitative estimate of drug-likeness (QED) is 0.0418. The molecular formula is C71H92F3N11O8Si. The van der Waals surface area contributed by atoms with Crippen LogP contribution in [-0.4, -0.2) is 168 Å². The number of piperidine rings is 4. The van der Waals surface area contributed by atoms with Crippen molar-refractivity contribution in [3.05, 3.63) is 76.1 Å². The Morgan fingerprint density at radius 1 is 0.809 bits per heavy atom. The lowest BCUT2D eigenvalue weighted by atomic mass is 9.71. The molecule has 19 nitrogen and oxygen atoms in total. The zero-order valence-corrected chi connectivity index (χ0v) is 57.5. The molecule has 2 bridgehead atoms. The first kappa shape index (κ1) is 66.7. The molecule has 3 atom stereocenters. The number of amides is 3. The number of piperazine rings is 1. The van der Waals surface area contributed by atoms with Crippen molar-refractivity contribution in [2.45, 2.75) is 167 Å². The van der Waals surface area contributed by atoms with Gasteiger partial charge in [0.2, 0.25) is 11.8 Å². The first-order valence-corrected chi connectivity index (χ1v) is 36.2.